The molecule has 118 valence electrons. The van der Waals surface area contributed by atoms with Crippen LogP contribution < -0.4 is 5.32 Å². The number of hydrogen-bond donors (Lipinski definition) is 1. The highest BCUT2D eigenvalue weighted by molar-refractivity contribution is 5.29. The van der Waals surface area contributed by atoms with E-state index in [1.54, 1.807) is 5.56 Å². The van der Waals surface area contributed by atoms with Gasteiger partial charge in [-0.05, 0) is 42.3 Å². The number of nitrogens with zero attached hydrogens (tertiary/aromatic N) is 1. The molecule has 0 bridgehead atoms. The largest absolute Gasteiger partial charge is 0.316 e. The lowest BCUT2D eigenvalue weighted by molar-refractivity contribution is 0.138. The lowest BCUT2D eigenvalue weighted by atomic mass is 9.84. The van der Waals surface area contributed by atoms with Crippen molar-refractivity contribution in [3.8, 4) is 0 Å². The molecule has 2 rings (SSSR count). The SMILES string of the molecule is CCCNCC(C)(CCC)CN1CCc2ccccc2C1. The molecular formula is C19H32N2. The molecule has 1 aromatic rings. The Hall–Kier alpha value is -0.860. The van der Waals surface area contributed by atoms with Crippen molar-refractivity contribution in [2.75, 3.05) is 26.2 Å². The minimum atomic E-state index is 0.399. The quantitative estimate of drug-likeness (QED) is 0.731. The van der Waals surface area contributed by atoms with Gasteiger partial charge in [0.05, 0.1) is 0 Å². The van der Waals surface area contributed by atoms with Gasteiger partial charge in [0, 0.05) is 26.2 Å². The maximum atomic E-state index is 3.64. The Morgan fingerprint density at radius 3 is 2.62 bits per heavy atom. The normalized spacial score (nSPS) is 18.2. The molecule has 1 heterocycles. The van der Waals surface area contributed by atoms with Crippen LogP contribution in [-0.4, -0.2) is 31.1 Å². The number of benzene rings is 1. The van der Waals surface area contributed by atoms with Gasteiger partial charge in [0.25, 0.3) is 0 Å². The minimum absolute atomic E-state index is 0.399. The second kappa shape index (κ2) is 7.95. The molecule has 0 fully saturated rings. The van der Waals surface area contributed by atoms with E-state index in [4.69, 9.17) is 0 Å². The molecular weight excluding hydrogens is 256 g/mol. The van der Waals surface area contributed by atoms with E-state index in [2.05, 4.69) is 55.3 Å². The van der Waals surface area contributed by atoms with Crippen molar-refractivity contribution in [2.24, 2.45) is 5.41 Å². The smallest absolute Gasteiger partial charge is 0.0236 e. The van der Waals surface area contributed by atoms with Crippen molar-refractivity contribution in [1.82, 2.24) is 10.2 Å². The average molecular weight is 288 g/mol. The van der Waals surface area contributed by atoms with E-state index in [0.717, 1.165) is 19.6 Å². The van der Waals surface area contributed by atoms with Gasteiger partial charge < -0.3 is 5.32 Å². The Morgan fingerprint density at radius 1 is 1.14 bits per heavy atom. The molecule has 1 unspecified atom stereocenters. The summed E-state index contributed by atoms with van der Waals surface area (Å²) >= 11 is 0. The number of rotatable bonds is 8. The number of nitrogens with one attached hydrogen (secondary N) is 1. The van der Waals surface area contributed by atoms with E-state index in [-0.39, 0.29) is 0 Å². The van der Waals surface area contributed by atoms with Crippen LogP contribution in [0.5, 0.6) is 0 Å². The zero-order chi connectivity index (χ0) is 15.1. The molecule has 1 N–H and O–H groups in total. The summed E-state index contributed by atoms with van der Waals surface area (Å²) in [6.07, 6.45) is 5.01. The molecule has 1 aliphatic rings. The monoisotopic (exact) mass is 288 g/mol. The molecule has 0 aromatic heterocycles. The highest BCUT2D eigenvalue weighted by Crippen LogP contribution is 2.27. The topological polar surface area (TPSA) is 15.3 Å². The zero-order valence-corrected chi connectivity index (χ0v) is 14.1. The van der Waals surface area contributed by atoms with Crippen molar-refractivity contribution in [3.63, 3.8) is 0 Å². The van der Waals surface area contributed by atoms with Gasteiger partial charge in [-0.25, -0.2) is 0 Å². The molecule has 2 heteroatoms. The van der Waals surface area contributed by atoms with Crippen LogP contribution in [0, 0.1) is 5.41 Å². The van der Waals surface area contributed by atoms with Crippen LogP contribution in [0.1, 0.15) is 51.2 Å². The van der Waals surface area contributed by atoms with Gasteiger partial charge in [-0.3, -0.25) is 4.90 Å². The van der Waals surface area contributed by atoms with Gasteiger partial charge in [-0.1, -0.05) is 51.5 Å². The van der Waals surface area contributed by atoms with Crippen LogP contribution in [0.15, 0.2) is 24.3 Å². The second-order valence-corrected chi connectivity index (χ2v) is 6.97. The Labute approximate surface area is 130 Å². The first-order chi connectivity index (χ1) is 10.2. The Kier molecular flexibility index (Phi) is 6.25. The molecule has 0 radical (unpaired) electrons. The van der Waals surface area contributed by atoms with E-state index in [1.807, 2.05) is 0 Å². The van der Waals surface area contributed by atoms with Crippen LogP contribution in [0.4, 0.5) is 0 Å². The van der Waals surface area contributed by atoms with Crippen molar-refractivity contribution in [1.29, 1.82) is 0 Å². The molecule has 0 aliphatic carbocycles. The first-order valence-corrected chi connectivity index (χ1v) is 8.67. The van der Waals surface area contributed by atoms with Crippen LogP contribution in [0.3, 0.4) is 0 Å². The molecule has 0 spiro atoms. The van der Waals surface area contributed by atoms with Crippen molar-refractivity contribution in [2.45, 2.75) is 53.0 Å². The molecule has 0 saturated heterocycles. The van der Waals surface area contributed by atoms with Gasteiger partial charge in [0.1, 0.15) is 0 Å². The zero-order valence-electron chi connectivity index (χ0n) is 14.1. The van der Waals surface area contributed by atoms with E-state index >= 15 is 0 Å². The maximum Gasteiger partial charge on any atom is 0.0236 e. The number of hydrogen-bond acceptors (Lipinski definition) is 2. The van der Waals surface area contributed by atoms with E-state index in [9.17, 15) is 0 Å². The van der Waals surface area contributed by atoms with Gasteiger partial charge in [0.2, 0.25) is 0 Å². The first kappa shape index (κ1) is 16.5. The van der Waals surface area contributed by atoms with Crippen molar-refractivity contribution < 1.29 is 0 Å². The average Bonchev–Trinajstić information content (AvgIpc) is 2.47. The summed E-state index contributed by atoms with van der Waals surface area (Å²) in [4.78, 5) is 2.66. The summed E-state index contributed by atoms with van der Waals surface area (Å²) in [5.41, 5.74) is 3.48. The molecule has 0 amide bonds. The van der Waals surface area contributed by atoms with Crippen molar-refractivity contribution in [3.05, 3.63) is 35.4 Å². The summed E-state index contributed by atoms with van der Waals surface area (Å²) < 4.78 is 0. The minimum Gasteiger partial charge on any atom is -0.316 e. The predicted molar refractivity (Wildman–Crippen MR) is 91.6 cm³/mol. The lowest BCUT2D eigenvalue weighted by Gasteiger charge is -2.38. The Balaban J connectivity index is 1.94. The first-order valence-electron chi connectivity index (χ1n) is 8.67. The van der Waals surface area contributed by atoms with Crippen LogP contribution in [0.2, 0.25) is 0 Å². The van der Waals surface area contributed by atoms with E-state index in [1.165, 1.54) is 44.3 Å². The molecule has 1 atom stereocenters. The second-order valence-electron chi connectivity index (χ2n) is 6.97. The standard InChI is InChI=1S/C19H32N2/c1-4-11-19(3,15-20-12-5-2)16-21-13-10-17-8-6-7-9-18(17)14-21/h6-9,20H,4-5,10-16H2,1-3H3. The van der Waals surface area contributed by atoms with Gasteiger partial charge in [-0.15, -0.1) is 0 Å². The third-order valence-corrected chi connectivity index (χ3v) is 4.65. The summed E-state index contributed by atoms with van der Waals surface area (Å²) in [6.45, 7) is 12.9. The van der Waals surface area contributed by atoms with Crippen molar-refractivity contribution >= 4 is 0 Å². The fourth-order valence-electron chi connectivity index (χ4n) is 3.62. The molecule has 2 nitrogen and oxygen atoms in total. The summed E-state index contributed by atoms with van der Waals surface area (Å²) in [5, 5.41) is 3.64. The van der Waals surface area contributed by atoms with Crippen LogP contribution in [-0.2, 0) is 13.0 Å². The summed E-state index contributed by atoms with van der Waals surface area (Å²) in [6, 6.07) is 8.94. The molecule has 1 aliphatic heterocycles. The Bertz CT molecular complexity index is 429. The molecule has 0 saturated carbocycles. The third-order valence-electron chi connectivity index (χ3n) is 4.65. The Morgan fingerprint density at radius 2 is 1.90 bits per heavy atom. The highest BCUT2D eigenvalue weighted by atomic mass is 15.1. The summed E-state index contributed by atoms with van der Waals surface area (Å²) in [7, 11) is 0. The molecule has 21 heavy (non-hydrogen) atoms. The number of fused-ring (bicyclic) bond motifs is 1. The lowest BCUT2D eigenvalue weighted by Crippen LogP contribution is -2.44. The summed E-state index contributed by atoms with van der Waals surface area (Å²) in [5.74, 6) is 0. The van der Waals surface area contributed by atoms with Gasteiger partial charge in [-0.2, -0.15) is 0 Å². The van der Waals surface area contributed by atoms with Gasteiger partial charge in [0.15, 0.2) is 0 Å². The van der Waals surface area contributed by atoms with E-state index < -0.39 is 0 Å². The van der Waals surface area contributed by atoms with E-state index in [0.29, 0.717) is 5.41 Å². The fraction of sp³-hybridized carbons (Fsp3) is 0.684. The fourth-order valence-corrected chi connectivity index (χ4v) is 3.62. The predicted octanol–water partition coefficient (Wildman–Crippen LogP) is 3.85. The van der Waals surface area contributed by atoms with Crippen LogP contribution in [0.25, 0.3) is 0 Å². The molecule has 1 aromatic carbocycles. The maximum absolute atomic E-state index is 3.64. The highest BCUT2D eigenvalue weighted by Gasteiger charge is 2.27. The van der Waals surface area contributed by atoms with Gasteiger partial charge >= 0.3 is 0 Å². The van der Waals surface area contributed by atoms with Crippen LogP contribution >= 0.6 is 0 Å². The third kappa shape index (κ3) is 4.82.